The lowest BCUT2D eigenvalue weighted by Gasteiger charge is -2.35. The molecule has 130 valence electrons. The molecule has 1 saturated heterocycles. The zero-order valence-electron chi connectivity index (χ0n) is 14.3. The van der Waals surface area contributed by atoms with Crippen LogP contribution in [0.1, 0.15) is 42.7 Å². The molecule has 1 N–H and O–H groups in total. The molecule has 0 spiro atoms. The lowest BCUT2D eigenvalue weighted by Crippen LogP contribution is -2.50. The molecule has 1 aliphatic heterocycles. The predicted octanol–water partition coefficient (Wildman–Crippen LogP) is 1.78. The third-order valence-electron chi connectivity index (χ3n) is 4.18. The lowest BCUT2D eigenvalue weighted by atomic mass is 10.2. The third kappa shape index (κ3) is 4.46. The molecular formula is C16H27ClN4O2. The van der Waals surface area contributed by atoms with E-state index in [1.807, 2.05) is 11.8 Å². The van der Waals surface area contributed by atoms with Gasteiger partial charge in [0.2, 0.25) is 0 Å². The fourth-order valence-electron chi connectivity index (χ4n) is 2.92. The van der Waals surface area contributed by atoms with Gasteiger partial charge in [-0.3, -0.25) is 14.4 Å². The SMILES string of the molecule is CCCCn1nc(C)c(C(=O)N2CCN(C[C@H](C)O)CC2)c1Cl. The Bertz CT molecular complexity index is 536. The van der Waals surface area contributed by atoms with E-state index in [0.29, 0.717) is 36.0 Å². The van der Waals surface area contributed by atoms with Crippen molar-refractivity contribution >= 4 is 17.5 Å². The zero-order valence-corrected chi connectivity index (χ0v) is 15.0. The van der Waals surface area contributed by atoms with Crippen molar-refractivity contribution in [3.63, 3.8) is 0 Å². The van der Waals surface area contributed by atoms with E-state index in [0.717, 1.165) is 32.5 Å². The fourth-order valence-corrected chi connectivity index (χ4v) is 3.26. The summed E-state index contributed by atoms with van der Waals surface area (Å²) in [7, 11) is 0. The standard InChI is InChI=1S/C16H27ClN4O2/c1-4-5-6-21-15(17)14(13(3)18-21)16(23)20-9-7-19(8-10-20)11-12(2)22/h12,22H,4-11H2,1-3H3/t12-/m0/s1. The van der Waals surface area contributed by atoms with E-state index in [1.54, 1.807) is 11.6 Å². The van der Waals surface area contributed by atoms with Gasteiger partial charge in [0, 0.05) is 39.3 Å². The maximum atomic E-state index is 12.8. The van der Waals surface area contributed by atoms with Gasteiger partial charge in [-0.15, -0.1) is 0 Å². The van der Waals surface area contributed by atoms with E-state index >= 15 is 0 Å². The van der Waals surface area contributed by atoms with Crippen molar-refractivity contribution in [3.05, 3.63) is 16.4 Å². The highest BCUT2D eigenvalue weighted by Crippen LogP contribution is 2.22. The molecule has 2 heterocycles. The molecule has 7 heteroatoms. The Morgan fingerprint density at radius 3 is 2.57 bits per heavy atom. The number of carbonyl (C=O) groups is 1. The number of aliphatic hydroxyl groups is 1. The normalized spacial score (nSPS) is 17.5. The van der Waals surface area contributed by atoms with Crippen LogP contribution in [0.2, 0.25) is 5.15 Å². The zero-order chi connectivity index (χ0) is 17.0. The van der Waals surface area contributed by atoms with Gasteiger partial charge in [-0.05, 0) is 20.3 Å². The van der Waals surface area contributed by atoms with E-state index in [2.05, 4.69) is 16.9 Å². The molecule has 1 aromatic rings. The number of aryl methyl sites for hydroxylation is 2. The number of hydrogen-bond acceptors (Lipinski definition) is 4. The van der Waals surface area contributed by atoms with Crippen molar-refractivity contribution in [1.82, 2.24) is 19.6 Å². The Kier molecular flexibility index (Phi) is 6.44. The van der Waals surface area contributed by atoms with E-state index in [-0.39, 0.29) is 12.0 Å². The van der Waals surface area contributed by atoms with Gasteiger partial charge in [0.05, 0.1) is 17.4 Å². The summed E-state index contributed by atoms with van der Waals surface area (Å²) in [6, 6.07) is 0. The fraction of sp³-hybridized carbons (Fsp3) is 0.750. The summed E-state index contributed by atoms with van der Waals surface area (Å²) in [5.41, 5.74) is 1.23. The maximum Gasteiger partial charge on any atom is 0.258 e. The van der Waals surface area contributed by atoms with E-state index < -0.39 is 0 Å². The monoisotopic (exact) mass is 342 g/mol. The summed E-state index contributed by atoms with van der Waals surface area (Å²) in [5, 5.41) is 14.3. The van der Waals surface area contributed by atoms with Gasteiger partial charge in [0.1, 0.15) is 5.15 Å². The van der Waals surface area contributed by atoms with Crippen LogP contribution < -0.4 is 0 Å². The summed E-state index contributed by atoms with van der Waals surface area (Å²) >= 11 is 6.39. The molecule has 0 radical (unpaired) electrons. The van der Waals surface area contributed by atoms with Gasteiger partial charge < -0.3 is 10.0 Å². The first-order valence-corrected chi connectivity index (χ1v) is 8.74. The summed E-state index contributed by atoms with van der Waals surface area (Å²) in [6.07, 6.45) is 1.71. The van der Waals surface area contributed by atoms with Crippen molar-refractivity contribution in [2.45, 2.75) is 46.3 Å². The highest BCUT2D eigenvalue weighted by atomic mass is 35.5. The molecule has 0 aromatic carbocycles. The van der Waals surface area contributed by atoms with Crippen LogP contribution in [0.5, 0.6) is 0 Å². The number of halogens is 1. The van der Waals surface area contributed by atoms with Crippen molar-refractivity contribution in [1.29, 1.82) is 0 Å². The molecule has 0 unspecified atom stereocenters. The van der Waals surface area contributed by atoms with Crippen molar-refractivity contribution < 1.29 is 9.90 Å². The van der Waals surface area contributed by atoms with Gasteiger partial charge in [0.15, 0.2) is 0 Å². The Labute approximate surface area is 143 Å². The lowest BCUT2D eigenvalue weighted by molar-refractivity contribution is 0.0553. The minimum atomic E-state index is -0.342. The molecular weight excluding hydrogens is 316 g/mol. The summed E-state index contributed by atoms with van der Waals surface area (Å²) in [5.74, 6) is -0.0352. The Balaban J connectivity index is 2.02. The summed E-state index contributed by atoms with van der Waals surface area (Å²) in [6.45, 7) is 9.99. The Hall–Kier alpha value is -1.11. The number of aromatic nitrogens is 2. The molecule has 1 amide bonds. The minimum absolute atomic E-state index is 0.0352. The predicted molar refractivity (Wildman–Crippen MR) is 90.9 cm³/mol. The first-order chi connectivity index (χ1) is 10.9. The van der Waals surface area contributed by atoms with Crippen LogP contribution in [0.25, 0.3) is 0 Å². The Morgan fingerprint density at radius 2 is 2.00 bits per heavy atom. The molecule has 2 rings (SSSR count). The van der Waals surface area contributed by atoms with Crippen LogP contribution in [0, 0.1) is 6.92 Å². The third-order valence-corrected chi connectivity index (χ3v) is 4.57. The van der Waals surface area contributed by atoms with Crippen LogP contribution in [0.3, 0.4) is 0 Å². The van der Waals surface area contributed by atoms with E-state index in [4.69, 9.17) is 11.6 Å². The summed E-state index contributed by atoms with van der Waals surface area (Å²) in [4.78, 5) is 16.8. The Morgan fingerprint density at radius 1 is 1.35 bits per heavy atom. The smallest absolute Gasteiger partial charge is 0.258 e. The average Bonchev–Trinajstić information content (AvgIpc) is 2.79. The first-order valence-electron chi connectivity index (χ1n) is 8.36. The van der Waals surface area contributed by atoms with E-state index in [9.17, 15) is 9.90 Å². The highest BCUT2D eigenvalue weighted by Gasteiger charge is 2.27. The van der Waals surface area contributed by atoms with Gasteiger partial charge in [0.25, 0.3) is 5.91 Å². The summed E-state index contributed by atoms with van der Waals surface area (Å²) < 4.78 is 1.73. The van der Waals surface area contributed by atoms with Crippen LogP contribution in [0.15, 0.2) is 0 Å². The number of hydrogen-bond donors (Lipinski definition) is 1. The van der Waals surface area contributed by atoms with E-state index in [1.165, 1.54) is 0 Å². The second kappa shape index (κ2) is 8.13. The van der Waals surface area contributed by atoms with Gasteiger partial charge >= 0.3 is 0 Å². The number of carbonyl (C=O) groups excluding carboxylic acids is 1. The number of amides is 1. The minimum Gasteiger partial charge on any atom is -0.392 e. The molecule has 23 heavy (non-hydrogen) atoms. The second-order valence-electron chi connectivity index (χ2n) is 6.27. The molecule has 1 aromatic heterocycles. The number of β-amino-alcohol motifs (C(OH)–C–C–N with tert-alkyl or cyclic N) is 1. The molecule has 1 aliphatic rings. The first kappa shape index (κ1) is 18.2. The van der Waals surface area contributed by atoms with Gasteiger partial charge in [-0.25, -0.2) is 0 Å². The van der Waals surface area contributed by atoms with Crippen molar-refractivity contribution in [3.8, 4) is 0 Å². The number of aliphatic hydroxyl groups excluding tert-OH is 1. The number of nitrogens with zero attached hydrogens (tertiary/aromatic N) is 4. The molecule has 0 saturated carbocycles. The quantitative estimate of drug-likeness (QED) is 0.856. The molecule has 0 bridgehead atoms. The number of piperazine rings is 1. The average molecular weight is 343 g/mol. The van der Waals surface area contributed by atoms with Crippen molar-refractivity contribution in [2.24, 2.45) is 0 Å². The van der Waals surface area contributed by atoms with Crippen LogP contribution in [0.4, 0.5) is 0 Å². The molecule has 6 nitrogen and oxygen atoms in total. The second-order valence-corrected chi connectivity index (χ2v) is 6.63. The molecule has 1 atom stereocenters. The molecule has 1 fully saturated rings. The number of unbranched alkanes of at least 4 members (excludes halogenated alkanes) is 1. The maximum absolute atomic E-state index is 12.8. The van der Waals surface area contributed by atoms with Gasteiger partial charge in [-0.2, -0.15) is 5.10 Å². The van der Waals surface area contributed by atoms with Crippen LogP contribution in [-0.4, -0.2) is 69.4 Å². The number of rotatable bonds is 6. The topological polar surface area (TPSA) is 61.6 Å². The van der Waals surface area contributed by atoms with Gasteiger partial charge in [-0.1, -0.05) is 24.9 Å². The van der Waals surface area contributed by atoms with Crippen LogP contribution in [-0.2, 0) is 6.54 Å². The van der Waals surface area contributed by atoms with Crippen molar-refractivity contribution in [2.75, 3.05) is 32.7 Å². The largest absolute Gasteiger partial charge is 0.392 e. The highest BCUT2D eigenvalue weighted by molar-refractivity contribution is 6.33. The van der Waals surface area contributed by atoms with Crippen LogP contribution >= 0.6 is 11.6 Å². The molecule has 0 aliphatic carbocycles.